The summed E-state index contributed by atoms with van der Waals surface area (Å²) < 4.78 is 0. The van der Waals surface area contributed by atoms with Gasteiger partial charge in [0.2, 0.25) is 0 Å². The van der Waals surface area contributed by atoms with Crippen LogP contribution in [-0.2, 0) is 9.68 Å². The fourth-order valence-electron chi connectivity index (χ4n) is 1.46. The Morgan fingerprint density at radius 1 is 0.900 bits per heavy atom. The smallest absolute Gasteiger partial charge is 0.292 e. The van der Waals surface area contributed by atoms with E-state index in [4.69, 9.17) is 16.5 Å². The van der Waals surface area contributed by atoms with Crippen LogP contribution in [-0.4, -0.2) is 17.1 Å². The number of hydrogen-bond donors (Lipinski definition) is 0. The lowest BCUT2D eigenvalue weighted by Crippen LogP contribution is -2.27. The fraction of sp³-hybridized carbons (Fsp3) is 0.0667. The molecular weight excluding hydrogens is 280 g/mol. The van der Waals surface area contributed by atoms with E-state index in [-0.39, 0.29) is 0 Å². The summed E-state index contributed by atoms with van der Waals surface area (Å²) in [5.41, 5.74) is 0.337. The van der Waals surface area contributed by atoms with Crippen LogP contribution in [0, 0.1) is 0 Å². The van der Waals surface area contributed by atoms with Crippen molar-refractivity contribution in [2.45, 2.75) is 5.38 Å². The van der Waals surface area contributed by atoms with E-state index in [1.807, 2.05) is 0 Å². The lowest BCUT2D eigenvalue weighted by Gasteiger charge is -2.08. The molecule has 4 nitrogen and oxygen atoms in total. The Bertz CT molecular complexity index is 583. The molecule has 102 valence electrons. The van der Waals surface area contributed by atoms with Gasteiger partial charge in [-0.2, -0.15) is 0 Å². The molecule has 0 bridgehead atoms. The molecule has 0 radical (unpaired) electrons. The number of para-hydroxylation sites is 1. The molecular formula is C15H11ClO4. The maximum absolute atomic E-state index is 11.9. The van der Waals surface area contributed by atoms with Crippen molar-refractivity contribution in [3.8, 4) is 5.75 Å². The first-order valence-corrected chi connectivity index (χ1v) is 6.29. The van der Waals surface area contributed by atoms with Crippen LogP contribution in [0.25, 0.3) is 0 Å². The van der Waals surface area contributed by atoms with Gasteiger partial charge in [0.05, 0.1) is 0 Å². The zero-order valence-electron chi connectivity index (χ0n) is 10.4. The maximum Gasteiger partial charge on any atom is 0.380 e. The average Bonchev–Trinajstić information content (AvgIpc) is 2.53. The van der Waals surface area contributed by atoms with Crippen molar-refractivity contribution in [1.82, 2.24) is 0 Å². The second-order valence-corrected chi connectivity index (χ2v) is 4.33. The molecule has 0 aromatic heterocycles. The molecule has 0 aliphatic rings. The average molecular weight is 291 g/mol. The molecule has 0 spiro atoms. The highest BCUT2D eigenvalue weighted by Crippen LogP contribution is 2.13. The van der Waals surface area contributed by atoms with Crippen molar-refractivity contribution in [3.05, 3.63) is 66.2 Å². The largest absolute Gasteiger partial charge is 0.380 e. The third kappa shape index (κ3) is 3.59. The minimum atomic E-state index is -1.44. The van der Waals surface area contributed by atoms with E-state index < -0.39 is 17.1 Å². The zero-order valence-corrected chi connectivity index (χ0v) is 11.1. The minimum Gasteiger partial charge on any atom is -0.292 e. The third-order valence-corrected chi connectivity index (χ3v) is 2.84. The summed E-state index contributed by atoms with van der Waals surface area (Å²) in [6, 6.07) is 16.7. The van der Waals surface area contributed by atoms with Crippen molar-refractivity contribution < 1.29 is 19.4 Å². The quantitative estimate of drug-likeness (QED) is 0.279. The first-order chi connectivity index (χ1) is 9.68. The van der Waals surface area contributed by atoms with Crippen LogP contribution in [0.3, 0.4) is 0 Å². The normalized spacial score (nSPS) is 11.4. The molecule has 0 fully saturated rings. The molecule has 1 atom stereocenters. The van der Waals surface area contributed by atoms with E-state index in [2.05, 4.69) is 4.89 Å². The highest BCUT2D eigenvalue weighted by atomic mass is 35.5. The van der Waals surface area contributed by atoms with Crippen molar-refractivity contribution >= 4 is 23.4 Å². The molecule has 2 aromatic rings. The summed E-state index contributed by atoms with van der Waals surface area (Å²) in [5.74, 6) is -1.14. The van der Waals surface area contributed by atoms with E-state index in [0.29, 0.717) is 11.3 Å². The predicted molar refractivity (Wildman–Crippen MR) is 73.6 cm³/mol. The second kappa shape index (κ2) is 6.73. The van der Waals surface area contributed by atoms with Gasteiger partial charge < -0.3 is 0 Å². The lowest BCUT2D eigenvalue weighted by molar-refractivity contribution is -0.212. The predicted octanol–water partition coefficient (Wildman–Crippen LogP) is 3.01. The fourth-order valence-corrected chi connectivity index (χ4v) is 1.63. The van der Waals surface area contributed by atoms with E-state index in [9.17, 15) is 9.59 Å². The Kier molecular flexibility index (Phi) is 4.74. The summed E-state index contributed by atoms with van der Waals surface area (Å²) >= 11 is 5.78. The summed E-state index contributed by atoms with van der Waals surface area (Å²) in [7, 11) is 0. The highest BCUT2D eigenvalue weighted by molar-refractivity contribution is 6.43. The Morgan fingerprint density at radius 2 is 1.45 bits per heavy atom. The highest BCUT2D eigenvalue weighted by Gasteiger charge is 2.28. The molecule has 20 heavy (non-hydrogen) atoms. The van der Waals surface area contributed by atoms with Crippen LogP contribution in [0.4, 0.5) is 0 Å². The molecule has 5 heteroatoms. The van der Waals surface area contributed by atoms with E-state index >= 15 is 0 Å². The van der Waals surface area contributed by atoms with Crippen molar-refractivity contribution in [2.24, 2.45) is 0 Å². The number of benzene rings is 2. The molecule has 0 aliphatic carbocycles. The van der Waals surface area contributed by atoms with Gasteiger partial charge in [0.15, 0.2) is 16.9 Å². The first kappa shape index (κ1) is 14.1. The van der Waals surface area contributed by atoms with Gasteiger partial charge in [0.25, 0.3) is 0 Å². The summed E-state index contributed by atoms with van der Waals surface area (Å²) in [4.78, 5) is 32.9. The van der Waals surface area contributed by atoms with Crippen molar-refractivity contribution in [3.63, 3.8) is 0 Å². The van der Waals surface area contributed by atoms with Gasteiger partial charge in [-0.1, -0.05) is 48.5 Å². The summed E-state index contributed by atoms with van der Waals surface area (Å²) in [6.07, 6.45) is 0. The number of carbonyl (C=O) groups is 2. The maximum atomic E-state index is 11.9. The molecule has 2 aromatic carbocycles. The topological polar surface area (TPSA) is 52.6 Å². The Hall–Kier alpha value is -2.33. The summed E-state index contributed by atoms with van der Waals surface area (Å²) in [6.45, 7) is 0. The van der Waals surface area contributed by atoms with E-state index in [0.717, 1.165) is 0 Å². The molecule has 0 amide bonds. The monoisotopic (exact) mass is 290 g/mol. The third-order valence-electron chi connectivity index (χ3n) is 2.46. The first-order valence-electron chi connectivity index (χ1n) is 5.85. The zero-order chi connectivity index (χ0) is 14.4. The lowest BCUT2D eigenvalue weighted by atomic mass is 10.1. The SMILES string of the molecule is O=C(OOc1ccccc1)C(Cl)C(=O)c1ccccc1. The molecule has 0 heterocycles. The number of halogens is 1. The Labute approximate surface area is 120 Å². The summed E-state index contributed by atoms with van der Waals surface area (Å²) in [5, 5.41) is -1.44. The Balaban J connectivity index is 1.94. The van der Waals surface area contributed by atoms with Gasteiger partial charge in [0.1, 0.15) is 0 Å². The molecule has 2 rings (SSSR count). The van der Waals surface area contributed by atoms with Gasteiger partial charge in [0, 0.05) is 5.56 Å². The molecule has 0 saturated heterocycles. The van der Waals surface area contributed by atoms with Crippen LogP contribution in [0.5, 0.6) is 5.75 Å². The second-order valence-electron chi connectivity index (χ2n) is 3.89. The van der Waals surface area contributed by atoms with Crippen LogP contribution < -0.4 is 4.89 Å². The number of Topliss-reactive ketones (excluding diaryl/α,β-unsaturated/α-hetero) is 1. The van der Waals surface area contributed by atoms with Gasteiger partial charge in [-0.05, 0) is 12.1 Å². The number of rotatable bonds is 5. The van der Waals surface area contributed by atoms with Crippen LogP contribution in [0.2, 0.25) is 0 Å². The van der Waals surface area contributed by atoms with Crippen LogP contribution in [0.15, 0.2) is 60.7 Å². The van der Waals surface area contributed by atoms with Gasteiger partial charge in [-0.3, -0.25) is 9.68 Å². The van der Waals surface area contributed by atoms with Gasteiger partial charge in [-0.25, -0.2) is 9.68 Å². The molecule has 0 saturated carbocycles. The number of hydrogen-bond acceptors (Lipinski definition) is 4. The molecule has 1 unspecified atom stereocenters. The van der Waals surface area contributed by atoms with Gasteiger partial charge in [-0.15, -0.1) is 11.6 Å². The number of ketones is 1. The van der Waals surface area contributed by atoms with Crippen molar-refractivity contribution in [1.29, 1.82) is 0 Å². The van der Waals surface area contributed by atoms with Crippen molar-refractivity contribution in [2.75, 3.05) is 0 Å². The number of alkyl halides is 1. The molecule has 0 aliphatic heterocycles. The van der Waals surface area contributed by atoms with Crippen LogP contribution in [0.1, 0.15) is 10.4 Å². The standard InChI is InChI=1S/C15H11ClO4/c16-13(14(17)11-7-3-1-4-8-11)15(18)20-19-12-9-5-2-6-10-12/h1-10,13H. The number of carbonyl (C=O) groups excluding carboxylic acids is 2. The Morgan fingerprint density at radius 3 is 2.05 bits per heavy atom. The van der Waals surface area contributed by atoms with E-state index in [1.165, 1.54) is 0 Å². The molecule has 0 N–H and O–H groups in total. The minimum absolute atomic E-state index is 0.337. The van der Waals surface area contributed by atoms with Gasteiger partial charge >= 0.3 is 5.97 Å². The van der Waals surface area contributed by atoms with E-state index in [1.54, 1.807) is 60.7 Å². The van der Waals surface area contributed by atoms with Crippen LogP contribution >= 0.6 is 11.6 Å².